The van der Waals surface area contributed by atoms with Gasteiger partial charge < -0.3 is 19.7 Å². The van der Waals surface area contributed by atoms with Crippen LogP contribution in [0.2, 0.25) is 0 Å². The Bertz CT molecular complexity index is 1850. The molecule has 0 aliphatic carbocycles. The molecule has 0 bridgehead atoms. The van der Waals surface area contributed by atoms with E-state index >= 15 is 0 Å². The molecular weight excluding hydrogens is 573 g/mol. The van der Waals surface area contributed by atoms with E-state index < -0.39 is 0 Å². The van der Waals surface area contributed by atoms with E-state index in [1.165, 1.54) is 23.3 Å². The highest BCUT2D eigenvalue weighted by atomic mass is 32.1. The Morgan fingerprint density at radius 3 is 2.70 bits per heavy atom. The van der Waals surface area contributed by atoms with Gasteiger partial charge in [-0.2, -0.15) is 0 Å². The Morgan fingerprint density at radius 1 is 0.977 bits per heavy atom. The fourth-order valence-corrected chi connectivity index (χ4v) is 7.24. The number of benzene rings is 3. The van der Waals surface area contributed by atoms with Crippen LogP contribution in [0.1, 0.15) is 34.3 Å². The van der Waals surface area contributed by atoms with Crippen molar-refractivity contribution in [3.63, 3.8) is 0 Å². The molecule has 0 saturated carbocycles. The van der Waals surface area contributed by atoms with Crippen LogP contribution >= 0.6 is 11.3 Å². The summed E-state index contributed by atoms with van der Waals surface area (Å²) >= 11 is 1.63. The van der Waals surface area contributed by atoms with Crippen molar-refractivity contribution in [1.82, 2.24) is 15.2 Å². The summed E-state index contributed by atoms with van der Waals surface area (Å²) in [5, 5.41) is 6.56. The molecule has 7 rings (SSSR count). The van der Waals surface area contributed by atoms with E-state index in [9.17, 15) is 9.18 Å². The van der Waals surface area contributed by atoms with Crippen molar-refractivity contribution in [2.24, 2.45) is 0 Å². The number of amides is 1. The number of nitrogens with zero attached hydrogens (tertiary/aromatic N) is 2. The van der Waals surface area contributed by atoms with Crippen LogP contribution in [0.3, 0.4) is 0 Å². The van der Waals surface area contributed by atoms with E-state index in [-0.39, 0.29) is 18.3 Å². The maximum absolute atomic E-state index is 14.6. The summed E-state index contributed by atoms with van der Waals surface area (Å²) in [4.78, 5) is 20.8. The average molecular weight is 608 g/mol. The minimum absolute atomic E-state index is 0.0389. The fraction of sp³-hybridized carbons (Fsp3) is 0.278. The Labute approximate surface area is 260 Å². The number of nitrogens with one attached hydrogen (secondary N) is 1. The molecule has 224 valence electrons. The molecule has 2 aromatic heterocycles. The lowest BCUT2D eigenvalue weighted by atomic mass is 9.92. The standard InChI is InChI=1S/C36H34FN3O3S/c1-42-16-17-43-31-21-28(37)9-10-29(31)32-34(24-5-4-6-26(20-24)36(41)40-14-2-3-15-40)39-33(30-12-18-44-35(30)32)25-7-8-27-22-38-13-11-23(27)19-25/h4-10,12,18-21,38H,2-3,11,13-17,22H2,1H3. The number of aromatic nitrogens is 1. The Kier molecular flexibility index (Phi) is 8.12. The first kappa shape index (κ1) is 28.6. The summed E-state index contributed by atoms with van der Waals surface area (Å²) in [6.45, 7) is 4.05. The molecule has 0 atom stereocenters. The lowest BCUT2D eigenvalue weighted by Crippen LogP contribution is -2.27. The summed E-state index contributed by atoms with van der Waals surface area (Å²) in [6.07, 6.45) is 3.03. The molecule has 1 fully saturated rings. The van der Waals surface area contributed by atoms with E-state index in [1.807, 2.05) is 29.2 Å². The number of hydrogen-bond donors (Lipinski definition) is 1. The van der Waals surface area contributed by atoms with Crippen LogP contribution in [0, 0.1) is 5.82 Å². The first-order valence-electron chi connectivity index (χ1n) is 15.2. The summed E-state index contributed by atoms with van der Waals surface area (Å²) in [6, 6.07) is 21.1. The van der Waals surface area contributed by atoms with Gasteiger partial charge in [0.2, 0.25) is 0 Å². The highest BCUT2D eigenvalue weighted by Gasteiger charge is 2.25. The van der Waals surface area contributed by atoms with Crippen LogP contribution in [-0.2, 0) is 17.7 Å². The van der Waals surface area contributed by atoms with Gasteiger partial charge in [0.05, 0.1) is 18.0 Å². The highest BCUT2D eigenvalue weighted by molar-refractivity contribution is 7.18. The number of pyridine rings is 1. The molecule has 0 spiro atoms. The number of carbonyl (C=O) groups is 1. The zero-order valence-electron chi connectivity index (χ0n) is 24.7. The summed E-state index contributed by atoms with van der Waals surface area (Å²) in [5.74, 6) is 0.0894. The molecule has 44 heavy (non-hydrogen) atoms. The van der Waals surface area contributed by atoms with Crippen molar-refractivity contribution < 1.29 is 18.7 Å². The molecule has 4 heterocycles. The minimum atomic E-state index is -0.378. The van der Waals surface area contributed by atoms with E-state index in [0.29, 0.717) is 17.9 Å². The lowest BCUT2D eigenvalue weighted by molar-refractivity contribution is 0.0793. The number of rotatable bonds is 8. The van der Waals surface area contributed by atoms with E-state index in [0.717, 1.165) is 89.2 Å². The molecule has 2 aliphatic heterocycles. The maximum Gasteiger partial charge on any atom is 0.253 e. The first-order chi connectivity index (χ1) is 21.6. The van der Waals surface area contributed by atoms with Gasteiger partial charge in [0, 0.05) is 70.7 Å². The maximum atomic E-state index is 14.6. The first-order valence-corrected chi connectivity index (χ1v) is 16.0. The Hall–Kier alpha value is -4.11. The predicted molar refractivity (Wildman–Crippen MR) is 174 cm³/mol. The molecule has 3 aromatic carbocycles. The fourth-order valence-electron chi connectivity index (χ4n) is 6.29. The number of ether oxygens (including phenoxy) is 2. The number of fused-ring (bicyclic) bond motifs is 2. The molecule has 1 saturated heterocycles. The Balaban J connectivity index is 1.45. The second-order valence-corrected chi connectivity index (χ2v) is 12.2. The largest absolute Gasteiger partial charge is 0.490 e. The van der Waals surface area contributed by atoms with E-state index in [4.69, 9.17) is 14.5 Å². The third-order valence-electron chi connectivity index (χ3n) is 8.51. The van der Waals surface area contributed by atoms with Crippen molar-refractivity contribution in [2.45, 2.75) is 25.8 Å². The van der Waals surface area contributed by atoms with Crippen LogP contribution in [0.5, 0.6) is 5.75 Å². The van der Waals surface area contributed by atoms with Crippen LogP contribution in [0.4, 0.5) is 4.39 Å². The molecule has 5 aromatic rings. The second kappa shape index (κ2) is 12.5. The molecular formula is C36H34FN3O3S. The SMILES string of the molecule is COCCOc1cc(F)ccc1-c1c(-c2cccc(C(=O)N3CCCC3)c2)nc(-c2ccc3c(c2)CCNC3)c2ccsc12. The summed E-state index contributed by atoms with van der Waals surface area (Å²) < 4.78 is 26.9. The van der Waals surface area contributed by atoms with Crippen LogP contribution < -0.4 is 10.1 Å². The number of likely N-dealkylation sites (tertiary alicyclic amines) is 1. The van der Waals surface area contributed by atoms with Gasteiger partial charge in [-0.05, 0) is 78.7 Å². The molecule has 1 N–H and O–H groups in total. The zero-order chi connectivity index (χ0) is 30.0. The minimum Gasteiger partial charge on any atom is -0.490 e. The van der Waals surface area contributed by atoms with Gasteiger partial charge >= 0.3 is 0 Å². The van der Waals surface area contributed by atoms with Gasteiger partial charge in [0.1, 0.15) is 18.2 Å². The molecule has 0 unspecified atom stereocenters. The van der Waals surface area contributed by atoms with Crippen molar-refractivity contribution in [1.29, 1.82) is 0 Å². The number of carbonyl (C=O) groups excluding carboxylic acids is 1. The van der Waals surface area contributed by atoms with Gasteiger partial charge in [-0.1, -0.05) is 24.3 Å². The molecule has 0 radical (unpaired) electrons. The number of thiophene rings is 1. The molecule has 8 heteroatoms. The van der Waals surface area contributed by atoms with Crippen molar-refractivity contribution in [3.8, 4) is 39.4 Å². The quantitative estimate of drug-likeness (QED) is 0.187. The predicted octanol–water partition coefficient (Wildman–Crippen LogP) is 7.34. The number of methoxy groups -OCH3 is 1. The van der Waals surface area contributed by atoms with Gasteiger partial charge in [-0.3, -0.25) is 4.79 Å². The summed E-state index contributed by atoms with van der Waals surface area (Å²) in [5.41, 5.74) is 8.41. The van der Waals surface area contributed by atoms with Crippen LogP contribution in [0.15, 0.2) is 72.1 Å². The molecule has 2 aliphatic rings. The third-order valence-corrected chi connectivity index (χ3v) is 9.44. The monoisotopic (exact) mass is 607 g/mol. The number of halogens is 1. The van der Waals surface area contributed by atoms with Gasteiger partial charge in [0.15, 0.2) is 0 Å². The second-order valence-electron chi connectivity index (χ2n) is 11.3. The van der Waals surface area contributed by atoms with Crippen molar-refractivity contribution in [3.05, 3.63) is 94.6 Å². The van der Waals surface area contributed by atoms with Gasteiger partial charge in [-0.25, -0.2) is 9.37 Å². The van der Waals surface area contributed by atoms with E-state index in [1.54, 1.807) is 24.5 Å². The zero-order valence-corrected chi connectivity index (χ0v) is 25.5. The van der Waals surface area contributed by atoms with Gasteiger partial charge in [0.25, 0.3) is 5.91 Å². The Morgan fingerprint density at radius 2 is 1.84 bits per heavy atom. The van der Waals surface area contributed by atoms with E-state index in [2.05, 4.69) is 35.0 Å². The average Bonchev–Trinajstić information content (AvgIpc) is 3.78. The van der Waals surface area contributed by atoms with Crippen LogP contribution in [0.25, 0.3) is 43.7 Å². The highest BCUT2D eigenvalue weighted by Crippen LogP contribution is 2.46. The smallest absolute Gasteiger partial charge is 0.253 e. The van der Waals surface area contributed by atoms with Crippen molar-refractivity contribution in [2.75, 3.05) is 40.0 Å². The lowest BCUT2D eigenvalue weighted by Gasteiger charge is -2.20. The molecule has 1 amide bonds. The van der Waals surface area contributed by atoms with Crippen molar-refractivity contribution >= 4 is 27.3 Å². The summed E-state index contributed by atoms with van der Waals surface area (Å²) in [7, 11) is 1.61. The third kappa shape index (κ3) is 5.49. The van der Waals surface area contributed by atoms with Crippen LogP contribution in [-0.4, -0.2) is 55.7 Å². The normalized spacial score (nSPS) is 14.6. The van der Waals surface area contributed by atoms with Gasteiger partial charge in [-0.15, -0.1) is 11.3 Å². The molecule has 6 nitrogen and oxygen atoms in total. The topological polar surface area (TPSA) is 63.7 Å². The number of hydrogen-bond acceptors (Lipinski definition) is 6.